The second kappa shape index (κ2) is 6.27. The number of benzene rings is 1. The standard InChI is InChI=1S/C18H27NO2/c1-13(20)18-16(10-5-11-17(18)21-2)19-12-6-8-14-7-3-4-9-15(14)19/h5,10-11,13-15,20H,3-4,6-9,12H2,1-2H3/t13-,14?,15?/m0/s1. The number of nitrogens with zero attached hydrogens (tertiary/aromatic N) is 1. The van der Waals surface area contributed by atoms with E-state index in [1.165, 1.54) is 44.2 Å². The van der Waals surface area contributed by atoms with E-state index in [0.717, 1.165) is 23.8 Å². The van der Waals surface area contributed by atoms with Crippen molar-refractivity contribution in [2.24, 2.45) is 5.92 Å². The normalized spacial score (nSPS) is 27.1. The molecule has 1 aromatic carbocycles. The number of aliphatic hydroxyl groups excluding tert-OH is 1. The molecule has 1 aliphatic heterocycles. The summed E-state index contributed by atoms with van der Waals surface area (Å²) in [6.07, 6.45) is 7.52. The van der Waals surface area contributed by atoms with E-state index in [1.54, 1.807) is 7.11 Å². The maximum absolute atomic E-state index is 10.2. The van der Waals surface area contributed by atoms with Crippen molar-refractivity contribution in [3.63, 3.8) is 0 Å². The van der Waals surface area contributed by atoms with Crippen LogP contribution >= 0.6 is 0 Å². The highest BCUT2D eigenvalue weighted by molar-refractivity contribution is 5.61. The second-order valence-corrected chi connectivity index (χ2v) is 6.52. The molecule has 2 fully saturated rings. The van der Waals surface area contributed by atoms with Crippen LogP contribution in [0.1, 0.15) is 57.1 Å². The van der Waals surface area contributed by atoms with Crippen LogP contribution in [0.3, 0.4) is 0 Å². The molecule has 116 valence electrons. The van der Waals surface area contributed by atoms with Gasteiger partial charge in [0.15, 0.2) is 0 Å². The summed E-state index contributed by atoms with van der Waals surface area (Å²) in [6.45, 7) is 2.94. The number of aliphatic hydroxyl groups is 1. The average molecular weight is 289 g/mol. The van der Waals surface area contributed by atoms with E-state index < -0.39 is 6.10 Å². The molecule has 0 amide bonds. The fraction of sp³-hybridized carbons (Fsp3) is 0.667. The first-order chi connectivity index (χ1) is 10.2. The topological polar surface area (TPSA) is 32.7 Å². The Morgan fingerprint density at radius 1 is 1.19 bits per heavy atom. The van der Waals surface area contributed by atoms with Gasteiger partial charge >= 0.3 is 0 Å². The molecule has 3 nitrogen and oxygen atoms in total. The largest absolute Gasteiger partial charge is 0.496 e. The molecule has 0 aromatic heterocycles. The van der Waals surface area contributed by atoms with Crippen molar-refractivity contribution in [2.75, 3.05) is 18.6 Å². The minimum atomic E-state index is -0.500. The Labute approximate surface area is 127 Å². The maximum Gasteiger partial charge on any atom is 0.126 e. The lowest BCUT2D eigenvalue weighted by Gasteiger charge is -2.46. The SMILES string of the molecule is COc1cccc(N2CCCC3CCCCC32)c1[C@H](C)O. The average Bonchev–Trinajstić information content (AvgIpc) is 2.53. The maximum atomic E-state index is 10.2. The van der Waals surface area contributed by atoms with E-state index in [1.807, 2.05) is 19.1 Å². The molecule has 1 heterocycles. The van der Waals surface area contributed by atoms with Gasteiger partial charge in [-0.25, -0.2) is 0 Å². The van der Waals surface area contributed by atoms with E-state index in [0.29, 0.717) is 6.04 Å². The zero-order valence-electron chi connectivity index (χ0n) is 13.2. The molecule has 1 aliphatic carbocycles. The minimum Gasteiger partial charge on any atom is -0.496 e. The Morgan fingerprint density at radius 3 is 2.71 bits per heavy atom. The summed E-state index contributed by atoms with van der Waals surface area (Å²) in [5.41, 5.74) is 2.13. The number of piperidine rings is 1. The van der Waals surface area contributed by atoms with E-state index in [4.69, 9.17) is 4.74 Å². The summed E-state index contributed by atoms with van der Waals surface area (Å²) in [5.74, 6) is 1.64. The van der Waals surface area contributed by atoms with Gasteiger partial charge in [-0.2, -0.15) is 0 Å². The van der Waals surface area contributed by atoms with Crippen molar-refractivity contribution in [1.29, 1.82) is 0 Å². The van der Waals surface area contributed by atoms with Gasteiger partial charge < -0.3 is 14.7 Å². The molecule has 0 bridgehead atoms. The van der Waals surface area contributed by atoms with E-state index >= 15 is 0 Å². The van der Waals surface area contributed by atoms with Crippen LogP contribution in [0, 0.1) is 5.92 Å². The molecule has 3 heteroatoms. The molecule has 2 aliphatic rings. The van der Waals surface area contributed by atoms with Gasteiger partial charge in [0.05, 0.1) is 13.2 Å². The minimum absolute atomic E-state index is 0.500. The Hall–Kier alpha value is -1.22. The van der Waals surface area contributed by atoms with Crippen molar-refractivity contribution >= 4 is 5.69 Å². The van der Waals surface area contributed by atoms with Gasteiger partial charge in [0, 0.05) is 23.8 Å². The molecule has 3 rings (SSSR count). The molecular formula is C18H27NO2. The highest BCUT2D eigenvalue weighted by Crippen LogP contribution is 2.42. The monoisotopic (exact) mass is 289 g/mol. The van der Waals surface area contributed by atoms with Gasteiger partial charge in [-0.05, 0) is 50.7 Å². The molecule has 1 saturated carbocycles. The lowest BCUT2D eigenvalue weighted by molar-refractivity contribution is 0.192. The lowest BCUT2D eigenvalue weighted by atomic mass is 9.78. The van der Waals surface area contributed by atoms with Crippen LogP contribution in [0.25, 0.3) is 0 Å². The highest BCUT2D eigenvalue weighted by Gasteiger charge is 2.34. The molecule has 1 N–H and O–H groups in total. The Balaban J connectivity index is 1.98. The Bertz CT molecular complexity index is 484. The first-order valence-corrected chi connectivity index (χ1v) is 8.34. The molecule has 21 heavy (non-hydrogen) atoms. The fourth-order valence-electron chi connectivity index (χ4n) is 4.30. The summed E-state index contributed by atoms with van der Waals surface area (Å²) >= 11 is 0. The zero-order valence-corrected chi connectivity index (χ0v) is 13.2. The highest BCUT2D eigenvalue weighted by atomic mass is 16.5. The van der Waals surface area contributed by atoms with Gasteiger partial charge in [-0.1, -0.05) is 18.9 Å². The molecule has 2 unspecified atom stereocenters. The Kier molecular flexibility index (Phi) is 4.39. The van der Waals surface area contributed by atoms with Crippen molar-refractivity contribution in [1.82, 2.24) is 0 Å². The molecule has 0 spiro atoms. The van der Waals surface area contributed by atoms with Gasteiger partial charge in [0.1, 0.15) is 5.75 Å². The number of fused-ring (bicyclic) bond motifs is 1. The van der Waals surface area contributed by atoms with Crippen molar-refractivity contribution in [2.45, 2.75) is 57.6 Å². The predicted molar refractivity (Wildman–Crippen MR) is 86.0 cm³/mol. The quantitative estimate of drug-likeness (QED) is 0.916. The number of ether oxygens (including phenoxy) is 1. The third-order valence-electron chi connectivity index (χ3n) is 5.23. The summed E-state index contributed by atoms with van der Waals surface area (Å²) in [5, 5.41) is 10.2. The van der Waals surface area contributed by atoms with Crippen LogP contribution in [0.5, 0.6) is 5.75 Å². The number of anilines is 1. The molecule has 3 atom stereocenters. The summed E-state index contributed by atoms with van der Waals surface area (Å²) in [7, 11) is 1.69. The molecule has 1 saturated heterocycles. The molecular weight excluding hydrogens is 262 g/mol. The van der Waals surface area contributed by atoms with Crippen molar-refractivity contribution in [3.05, 3.63) is 23.8 Å². The number of rotatable bonds is 3. The molecule has 0 radical (unpaired) electrons. The third kappa shape index (κ3) is 2.76. The van der Waals surface area contributed by atoms with Crippen LogP contribution < -0.4 is 9.64 Å². The third-order valence-corrected chi connectivity index (χ3v) is 5.23. The predicted octanol–water partition coefficient (Wildman–Crippen LogP) is 3.91. The van der Waals surface area contributed by atoms with Crippen molar-refractivity contribution in [3.8, 4) is 5.75 Å². The van der Waals surface area contributed by atoms with Crippen LogP contribution in [-0.4, -0.2) is 24.8 Å². The fourth-order valence-corrected chi connectivity index (χ4v) is 4.30. The first-order valence-electron chi connectivity index (χ1n) is 8.34. The number of hydrogen-bond donors (Lipinski definition) is 1. The van der Waals surface area contributed by atoms with Crippen LogP contribution in [0.2, 0.25) is 0 Å². The van der Waals surface area contributed by atoms with Crippen molar-refractivity contribution < 1.29 is 9.84 Å². The zero-order chi connectivity index (χ0) is 14.8. The summed E-state index contributed by atoms with van der Waals surface area (Å²) in [6, 6.07) is 6.80. The van der Waals surface area contributed by atoms with Crippen LogP contribution in [-0.2, 0) is 0 Å². The van der Waals surface area contributed by atoms with Gasteiger partial charge in [0.25, 0.3) is 0 Å². The number of hydrogen-bond acceptors (Lipinski definition) is 3. The first kappa shape index (κ1) is 14.7. The van der Waals surface area contributed by atoms with Crippen LogP contribution in [0.4, 0.5) is 5.69 Å². The van der Waals surface area contributed by atoms with E-state index in [2.05, 4.69) is 11.0 Å². The molecule has 1 aromatic rings. The van der Waals surface area contributed by atoms with E-state index in [9.17, 15) is 5.11 Å². The van der Waals surface area contributed by atoms with Crippen LogP contribution in [0.15, 0.2) is 18.2 Å². The number of methoxy groups -OCH3 is 1. The Morgan fingerprint density at radius 2 is 1.95 bits per heavy atom. The smallest absolute Gasteiger partial charge is 0.126 e. The van der Waals surface area contributed by atoms with E-state index in [-0.39, 0.29) is 0 Å². The summed E-state index contributed by atoms with van der Waals surface area (Å²) < 4.78 is 5.49. The lowest BCUT2D eigenvalue weighted by Crippen LogP contribution is -2.47. The summed E-state index contributed by atoms with van der Waals surface area (Å²) in [4.78, 5) is 2.55. The second-order valence-electron chi connectivity index (χ2n) is 6.52. The van der Waals surface area contributed by atoms with Gasteiger partial charge in [0.2, 0.25) is 0 Å². The van der Waals surface area contributed by atoms with Gasteiger partial charge in [-0.15, -0.1) is 0 Å². The van der Waals surface area contributed by atoms with Gasteiger partial charge in [-0.3, -0.25) is 0 Å².